The maximum atomic E-state index is 12.3. The molecule has 0 saturated carbocycles. The number of nitrogens with one attached hydrogen (secondary N) is 1. The first kappa shape index (κ1) is 17.2. The summed E-state index contributed by atoms with van der Waals surface area (Å²) in [5.74, 6) is -0.528. The van der Waals surface area contributed by atoms with Crippen LogP contribution in [-0.4, -0.2) is 42.8 Å². The van der Waals surface area contributed by atoms with E-state index in [9.17, 15) is 14.4 Å². The molecule has 0 unspecified atom stereocenters. The van der Waals surface area contributed by atoms with Crippen molar-refractivity contribution >= 4 is 17.7 Å². The Morgan fingerprint density at radius 2 is 1.72 bits per heavy atom. The maximum absolute atomic E-state index is 12.3. The van der Waals surface area contributed by atoms with Crippen molar-refractivity contribution in [2.75, 3.05) is 20.2 Å². The molecule has 0 aromatic heterocycles. The predicted octanol–water partition coefficient (Wildman–Crippen LogP) is 1.31. The second-order valence-corrected chi connectivity index (χ2v) is 6.37. The van der Waals surface area contributed by atoms with Gasteiger partial charge in [0.15, 0.2) is 0 Å². The minimum atomic E-state index is -0.304. The number of fused-ring (bicyclic) bond motifs is 1. The van der Waals surface area contributed by atoms with Crippen LogP contribution in [0, 0.1) is 11.8 Å². The Morgan fingerprint density at radius 3 is 2.28 bits per heavy atom. The summed E-state index contributed by atoms with van der Waals surface area (Å²) in [5.41, 5.74) is 1.08. The van der Waals surface area contributed by atoms with Crippen molar-refractivity contribution in [3.05, 3.63) is 42.0 Å². The van der Waals surface area contributed by atoms with Gasteiger partial charge in [0.05, 0.1) is 18.9 Å². The van der Waals surface area contributed by atoms with Gasteiger partial charge in [-0.15, -0.1) is 0 Å². The lowest BCUT2D eigenvalue weighted by Gasteiger charge is -2.14. The Balaban J connectivity index is 1.47. The fourth-order valence-corrected chi connectivity index (χ4v) is 3.36. The third-order valence-corrected chi connectivity index (χ3v) is 4.80. The summed E-state index contributed by atoms with van der Waals surface area (Å²) in [6.07, 6.45) is 5.72. The Kier molecular flexibility index (Phi) is 5.16. The molecule has 1 N–H and O–H groups in total. The van der Waals surface area contributed by atoms with Crippen molar-refractivity contribution < 1.29 is 19.1 Å². The predicted molar refractivity (Wildman–Crippen MR) is 91.8 cm³/mol. The summed E-state index contributed by atoms with van der Waals surface area (Å²) in [5, 5.41) is 2.78. The van der Waals surface area contributed by atoms with Crippen LogP contribution in [0.3, 0.4) is 0 Å². The molecule has 1 aromatic rings. The van der Waals surface area contributed by atoms with Gasteiger partial charge in [0, 0.05) is 6.54 Å². The van der Waals surface area contributed by atoms with E-state index in [2.05, 4.69) is 5.32 Å². The molecule has 0 spiro atoms. The number of likely N-dealkylation sites (tertiary alicyclic amines) is 1. The molecular weight excluding hydrogens is 320 g/mol. The number of carbonyl (C=O) groups excluding carboxylic acids is 3. The molecule has 25 heavy (non-hydrogen) atoms. The van der Waals surface area contributed by atoms with Crippen LogP contribution in [0.5, 0.6) is 5.75 Å². The minimum Gasteiger partial charge on any atom is -0.497 e. The molecule has 1 fully saturated rings. The molecule has 1 heterocycles. The highest BCUT2D eigenvalue weighted by molar-refractivity contribution is 6.07. The third-order valence-electron chi connectivity index (χ3n) is 4.80. The van der Waals surface area contributed by atoms with Crippen molar-refractivity contribution in [1.82, 2.24) is 10.2 Å². The van der Waals surface area contributed by atoms with E-state index in [4.69, 9.17) is 4.74 Å². The fourth-order valence-electron chi connectivity index (χ4n) is 3.36. The SMILES string of the molecule is COc1ccc(CCNC(=O)CN2C(=O)[C@H]3CC=CC[C@H]3C2=O)cc1. The number of ether oxygens (including phenoxy) is 1. The van der Waals surface area contributed by atoms with Gasteiger partial charge in [-0.3, -0.25) is 19.3 Å². The van der Waals surface area contributed by atoms with E-state index in [0.29, 0.717) is 25.8 Å². The molecular formula is C19H22N2O4. The Labute approximate surface area is 146 Å². The first-order valence-electron chi connectivity index (χ1n) is 8.50. The van der Waals surface area contributed by atoms with Gasteiger partial charge >= 0.3 is 0 Å². The van der Waals surface area contributed by atoms with Crippen LogP contribution in [0.1, 0.15) is 18.4 Å². The number of carbonyl (C=O) groups is 3. The molecule has 132 valence electrons. The van der Waals surface area contributed by atoms with Gasteiger partial charge in [0.25, 0.3) is 0 Å². The molecule has 1 saturated heterocycles. The van der Waals surface area contributed by atoms with Gasteiger partial charge in [0.1, 0.15) is 12.3 Å². The first-order valence-corrected chi connectivity index (χ1v) is 8.50. The molecule has 3 amide bonds. The van der Waals surface area contributed by atoms with Crippen LogP contribution in [0.25, 0.3) is 0 Å². The van der Waals surface area contributed by atoms with E-state index in [1.165, 1.54) is 0 Å². The molecule has 6 nitrogen and oxygen atoms in total. The lowest BCUT2D eigenvalue weighted by molar-refractivity contribution is -0.143. The topological polar surface area (TPSA) is 75.7 Å². The van der Waals surface area contributed by atoms with Crippen molar-refractivity contribution in [2.24, 2.45) is 11.8 Å². The second kappa shape index (κ2) is 7.51. The van der Waals surface area contributed by atoms with E-state index in [1.807, 2.05) is 36.4 Å². The maximum Gasteiger partial charge on any atom is 0.240 e. The molecule has 3 rings (SSSR count). The fraction of sp³-hybridized carbons (Fsp3) is 0.421. The van der Waals surface area contributed by atoms with E-state index in [0.717, 1.165) is 16.2 Å². The molecule has 1 aromatic carbocycles. The van der Waals surface area contributed by atoms with Crippen LogP contribution in [0.4, 0.5) is 0 Å². The summed E-state index contributed by atoms with van der Waals surface area (Å²) < 4.78 is 5.10. The zero-order valence-corrected chi connectivity index (χ0v) is 14.2. The van der Waals surface area contributed by atoms with Crippen LogP contribution in [0.15, 0.2) is 36.4 Å². The molecule has 6 heteroatoms. The lowest BCUT2D eigenvalue weighted by atomic mass is 9.85. The largest absolute Gasteiger partial charge is 0.497 e. The molecule has 1 aliphatic heterocycles. The number of hydrogen-bond donors (Lipinski definition) is 1. The van der Waals surface area contributed by atoms with Crippen LogP contribution in [0.2, 0.25) is 0 Å². The quantitative estimate of drug-likeness (QED) is 0.625. The summed E-state index contributed by atoms with van der Waals surface area (Å²) in [6, 6.07) is 7.62. The number of imide groups is 1. The number of nitrogens with zero attached hydrogens (tertiary/aromatic N) is 1. The normalized spacial score (nSPS) is 22.0. The number of allylic oxidation sites excluding steroid dienone is 2. The zero-order valence-electron chi connectivity index (χ0n) is 14.2. The molecule has 1 aliphatic carbocycles. The monoisotopic (exact) mass is 342 g/mol. The molecule has 2 aliphatic rings. The van der Waals surface area contributed by atoms with E-state index < -0.39 is 0 Å². The van der Waals surface area contributed by atoms with Crippen LogP contribution < -0.4 is 10.1 Å². The Hall–Kier alpha value is -2.63. The summed E-state index contributed by atoms with van der Waals surface area (Å²) in [7, 11) is 1.61. The molecule has 2 atom stereocenters. The number of hydrogen-bond acceptors (Lipinski definition) is 4. The second-order valence-electron chi connectivity index (χ2n) is 6.37. The highest BCUT2D eigenvalue weighted by Crippen LogP contribution is 2.34. The zero-order chi connectivity index (χ0) is 17.8. The standard InChI is InChI=1S/C19H22N2O4/c1-25-14-8-6-13(7-9-14)10-11-20-17(22)12-21-18(23)15-4-2-3-5-16(15)19(21)24/h2-3,6-9,15-16H,4-5,10-12H2,1H3,(H,20,22)/t15-,16+. The van der Waals surface area contributed by atoms with Crippen molar-refractivity contribution in [1.29, 1.82) is 0 Å². The van der Waals surface area contributed by atoms with Gasteiger partial charge in [0.2, 0.25) is 17.7 Å². The van der Waals surface area contributed by atoms with Crippen molar-refractivity contribution in [3.63, 3.8) is 0 Å². The lowest BCUT2D eigenvalue weighted by Crippen LogP contribution is -2.41. The van der Waals surface area contributed by atoms with Gasteiger partial charge in [-0.2, -0.15) is 0 Å². The smallest absolute Gasteiger partial charge is 0.240 e. The van der Waals surface area contributed by atoms with Crippen molar-refractivity contribution in [2.45, 2.75) is 19.3 Å². The first-order chi connectivity index (χ1) is 12.1. The van der Waals surface area contributed by atoms with Gasteiger partial charge in [-0.1, -0.05) is 24.3 Å². The summed E-state index contributed by atoms with van der Waals surface area (Å²) in [4.78, 5) is 37.9. The number of benzene rings is 1. The number of amides is 3. The van der Waals surface area contributed by atoms with Gasteiger partial charge in [-0.25, -0.2) is 0 Å². The highest BCUT2D eigenvalue weighted by Gasteiger charge is 2.47. The van der Waals surface area contributed by atoms with Gasteiger partial charge < -0.3 is 10.1 Å². The van der Waals surface area contributed by atoms with E-state index >= 15 is 0 Å². The average molecular weight is 342 g/mol. The Morgan fingerprint density at radius 1 is 1.12 bits per heavy atom. The van der Waals surface area contributed by atoms with E-state index in [1.54, 1.807) is 7.11 Å². The Bertz CT molecular complexity index is 670. The summed E-state index contributed by atoms with van der Waals surface area (Å²) >= 11 is 0. The third kappa shape index (κ3) is 3.73. The van der Waals surface area contributed by atoms with E-state index in [-0.39, 0.29) is 36.1 Å². The van der Waals surface area contributed by atoms with Crippen LogP contribution >= 0.6 is 0 Å². The van der Waals surface area contributed by atoms with Gasteiger partial charge in [-0.05, 0) is 37.0 Å². The number of rotatable bonds is 6. The summed E-state index contributed by atoms with van der Waals surface area (Å²) in [6.45, 7) is 0.267. The molecule has 0 radical (unpaired) electrons. The minimum absolute atomic E-state index is 0.187. The average Bonchev–Trinajstić information content (AvgIpc) is 2.88. The highest BCUT2D eigenvalue weighted by atomic mass is 16.5. The van der Waals surface area contributed by atoms with Crippen molar-refractivity contribution in [3.8, 4) is 5.75 Å². The molecule has 0 bridgehead atoms. The number of methoxy groups -OCH3 is 1. The van der Waals surface area contributed by atoms with Crippen LogP contribution in [-0.2, 0) is 20.8 Å².